The molecule has 0 aliphatic heterocycles. The SMILES string of the molecule is CCCN(CC1(O)CCC2C34C=CC5(C=C3C(=O)c3ccccc3-c3ccccc3)CC(O)CCC5(C)C4CCC21C)C(=O)Oc1ccc2ccccc2c1. The number of aliphatic hydroxyl groups excluding tert-OH is 1. The summed E-state index contributed by atoms with van der Waals surface area (Å²) >= 11 is 0. The number of nitrogens with zero attached hydrogens (tertiary/aromatic N) is 1. The van der Waals surface area contributed by atoms with E-state index < -0.39 is 34.0 Å². The Bertz CT molecular complexity index is 2230. The van der Waals surface area contributed by atoms with E-state index in [9.17, 15) is 15.0 Å². The molecule has 3 fully saturated rings. The fraction of sp³-hybridized carbons (Fsp3) is 0.429. The van der Waals surface area contributed by atoms with Crippen molar-refractivity contribution in [2.24, 2.45) is 33.5 Å². The van der Waals surface area contributed by atoms with E-state index >= 15 is 4.79 Å². The maximum Gasteiger partial charge on any atom is 0.415 e. The van der Waals surface area contributed by atoms with Crippen molar-refractivity contribution in [3.63, 3.8) is 0 Å². The van der Waals surface area contributed by atoms with Crippen molar-refractivity contribution in [3.05, 3.63) is 126 Å². The summed E-state index contributed by atoms with van der Waals surface area (Å²) in [4.78, 5) is 31.1. The molecule has 0 radical (unpaired) electrons. The highest BCUT2D eigenvalue weighted by molar-refractivity contribution is 6.14. The van der Waals surface area contributed by atoms with Crippen molar-refractivity contribution in [2.45, 2.75) is 83.8 Å². The molecule has 2 N–H and O–H groups in total. The summed E-state index contributed by atoms with van der Waals surface area (Å²) in [5, 5.41) is 26.3. The number of aliphatic hydroxyl groups is 2. The molecule has 4 aromatic rings. The Morgan fingerprint density at radius 3 is 2.29 bits per heavy atom. The van der Waals surface area contributed by atoms with E-state index in [1.807, 2.05) is 91.9 Å². The Balaban J connectivity index is 1.10. The minimum atomic E-state index is -1.19. The standard InChI is InChI=1S/C49H53NO5/c1-4-28-50(44(53)55-37-19-18-33-12-8-9-15-35(33)29-37)32-48(54)25-22-42-46(48,3)24-21-41-45(2)23-20-36(51)30-47(45)26-27-49(41,42)40(31-47)43(52)39-17-11-10-16-38(39)34-13-6-5-7-14-34/h5-19,26-27,29,31,36,41-42,51,54H,4,20-25,28,30,32H2,1-3H3. The van der Waals surface area contributed by atoms with Gasteiger partial charge >= 0.3 is 6.09 Å². The molecule has 55 heavy (non-hydrogen) atoms. The molecule has 1 amide bonds. The van der Waals surface area contributed by atoms with E-state index in [2.05, 4.69) is 44.2 Å². The molecule has 6 aliphatic rings. The summed E-state index contributed by atoms with van der Waals surface area (Å²) in [5.74, 6) is 0.678. The fourth-order valence-electron chi connectivity index (χ4n) is 12.5. The Morgan fingerprint density at radius 2 is 1.49 bits per heavy atom. The van der Waals surface area contributed by atoms with Crippen LogP contribution in [0.3, 0.4) is 0 Å². The van der Waals surface area contributed by atoms with Gasteiger partial charge in [0.25, 0.3) is 0 Å². The first-order valence-corrected chi connectivity index (χ1v) is 20.5. The van der Waals surface area contributed by atoms with Gasteiger partial charge in [-0.2, -0.15) is 0 Å². The van der Waals surface area contributed by atoms with Crippen molar-refractivity contribution >= 4 is 22.6 Å². The Labute approximate surface area is 324 Å². The smallest absolute Gasteiger partial charge is 0.410 e. The predicted molar refractivity (Wildman–Crippen MR) is 217 cm³/mol. The summed E-state index contributed by atoms with van der Waals surface area (Å²) in [6.45, 7) is 7.31. The molecule has 284 valence electrons. The van der Waals surface area contributed by atoms with Gasteiger partial charge in [-0.05, 0) is 103 Å². The molecule has 3 saturated carbocycles. The van der Waals surface area contributed by atoms with Crippen molar-refractivity contribution in [2.75, 3.05) is 13.1 Å². The zero-order valence-electron chi connectivity index (χ0n) is 32.3. The monoisotopic (exact) mass is 735 g/mol. The van der Waals surface area contributed by atoms with E-state index in [-0.39, 0.29) is 29.6 Å². The van der Waals surface area contributed by atoms with Crippen molar-refractivity contribution in [3.8, 4) is 16.9 Å². The molecular formula is C49H53NO5. The van der Waals surface area contributed by atoms with E-state index in [0.717, 1.165) is 66.0 Å². The highest BCUT2D eigenvalue weighted by Gasteiger charge is 2.74. The summed E-state index contributed by atoms with van der Waals surface area (Å²) in [6.07, 6.45) is 12.0. The molecule has 0 saturated heterocycles. The van der Waals surface area contributed by atoms with Gasteiger partial charge in [0.05, 0.1) is 18.2 Å². The third-order valence-corrected chi connectivity index (χ3v) is 15.3. The second-order valence-corrected chi connectivity index (χ2v) is 17.8. The number of ketones is 1. The molecule has 2 spiro atoms. The van der Waals surface area contributed by atoms with Gasteiger partial charge in [0, 0.05) is 33.9 Å². The van der Waals surface area contributed by atoms with Gasteiger partial charge in [-0.3, -0.25) is 4.79 Å². The first-order valence-electron chi connectivity index (χ1n) is 20.5. The minimum absolute atomic E-state index is 0.0268. The molecule has 8 atom stereocenters. The third kappa shape index (κ3) is 5.27. The van der Waals surface area contributed by atoms with Crippen LogP contribution in [0.1, 0.15) is 82.5 Å². The Morgan fingerprint density at radius 1 is 0.800 bits per heavy atom. The lowest BCUT2D eigenvalue weighted by Gasteiger charge is -2.71. The average Bonchev–Trinajstić information content (AvgIpc) is 3.47. The normalized spacial score (nSPS) is 34.3. The van der Waals surface area contributed by atoms with Gasteiger partial charge in [-0.15, -0.1) is 0 Å². The molecule has 0 heterocycles. The Hall–Kier alpha value is -4.52. The van der Waals surface area contributed by atoms with Crippen molar-refractivity contribution in [1.82, 2.24) is 4.90 Å². The van der Waals surface area contributed by atoms with E-state index in [0.29, 0.717) is 30.7 Å². The molecular weight excluding hydrogens is 683 g/mol. The number of allylic oxidation sites excluding steroid dienone is 4. The van der Waals surface area contributed by atoms with Crippen LogP contribution >= 0.6 is 0 Å². The first kappa shape index (κ1) is 36.1. The second kappa shape index (κ2) is 13.0. The number of carbonyl (C=O) groups excluding carboxylic acids is 2. The van der Waals surface area contributed by atoms with Gasteiger partial charge in [-0.1, -0.05) is 124 Å². The lowest BCUT2D eigenvalue weighted by Crippen LogP contribution is -2.67. The van der Waals surface area contributed by atoms with Gasteiger partial charge in [0.15, 0.2) is 5.78 Å². The Kier molecular flexibility index (Phi) is 8.56. The van der Waals surface area contributed by atoms with Gasteiger partial charge in [0.2, 0.25) is 0 Å². The largest absolute Gasteiger partial charge is 0.415 e. The van der Waals surface area contributed by atoms with Crippen molar-refractivity contribution < 1.29 is 24.5 Å². The van der Waals surface area contributed by atoms with Crippen LogP contribution in [0, 0.1) is 33.5 Å². The van der Waals surface area contributed by atoms with Gasteiger partial charge in [0.1, 0.15) is 5.75 Å². The molecule has 10 rings (SSSR count). The second-order valence-electron chi connectivity index (χ2n) is 17.8. The maximum atomic E-state index is 15.5. The molecule has 8 unspecified atom stereocenters. The molecule has 0 aromatic heterocycles. The van der Waals surface area contributed by atoms with Crippen LogP contribution < -0.4 is 4.74 Å². The zero-order chi connectivity index (χ0) is 38.2. The van der Waals surface area contributed by atoms with E-state index in [1.165, 1.54) is 0 Å². The van der Waals surface area contributed by atoms with Crippen LogP contribution in [-0.4, -0.2) is 51.8 Å². The summed E-state index contributed by atoms with van der Waals surface area (Å²) in [6, 6.07) is 31.8. The number of Topliss-reactive ketones (excluding diaryl/α,β-unsaturated/α-hetero) is 1. The predicted octanol–water partition coefficient (Wildman–Crippen LogP) is 10.2. The maximum absolute atomic E-state index is 15.5. The molecule has 2 bridgehead atoms. The van der Waals surface area contributed by atoms with Gasteiger partial charge in [-0.25, -0.2) is 4.79 Å². The number of fused-ring (bicyclic) bond motifs is 2. The average molecular weight is 736 g/mol. The molecule has 6 aliphatic carbocycles. The summed E-state index contributed by atoms with van der Waals surface area (Å²) < 4.78 is 6.01. The topological polar surface area (TPSA) is 87.1 Å². The van der Waals surface area contributed by atoms with Crippen LogP contribution in [0.5, 0.6) is 5.75 Å². The fourth-order valence-corrected chi connectivity index (χ4v) is 12.5. The number of hydrogen-bond acceptors (Lipinski definition) is 5. The third-order valence-electron chi connectivity index (χ3n) is 15.3. The summed E-state index contributed by atoms with van der Waals surface area (Å²) in [5.41, 5.74) is 0.518. The number of amides is 1. The van der Waals surface area contributed by atoms with Gasteiger partial charge < -0.3 is 19.8 Å². The van der Waals surface area contributed by atoms with Crippen molar-refractivity contribution in [1.29, 1.82) is 0 Å². The van der Waals surface area contributed by atoms with Crippen LogP contribution in [0.25, 0.3) is 21.9 Å². The molecule has 4 aromatic carbocycles. The quantitative estimate of drug-likeness (QED) is 0.139. The lowest BCUT2D eigenvalue weighted by atomic mass is 9.32. The van der Waals surface area contributed by atoms with E-state index in [4.69, 9.17) is 4.74 Å². The molecule has 6 heteroatoms. The number of hydrogen-bond donors (Lipinski definition) is 2. The van der Waals surface area contributed by atoms with Crippen LogP contribution in [-0.2, 0) is 0 Å². The number of benzene rings is 4. The van der Waals surface area contributed by atoms with Crippen LogP contribution in [0.4, 0.5) is 4.79 Å². The first-order chi connectivity index (χ1) is 26.5. The lowest BCUT2D eigenvalue weighted by molar-refractivity contribution is -0.175. The number of ether oxygens (including phenoxy) is 1. The highest BCUT2D eigenvalue weighted by atomic mass is 16.6. The zero-order valence-corrected chi connectivity index (χ0v) is 32.3. The van der Waals surface area contributed by atoms with E-state index in [1.54, 1.807) is 4.90 Å². The van der Waals surface area contributed by atoms with Crippen LogP contribution in [0.15, 0.2) is 121 Å². The van der Waals surface area contributed by atoms with Crippen LogP contribution in [0.2, 0.25) is 0 Å². The number of rotatable bonds is 8. The minimum Gasteiger partial charge on any atom is -0.410 e. The number of carbonyl (C=O) groups is 2. The highest BCUT2D eigenvalue weighted by Crippen LogP contribution is 2.78. The molecule has 6 nitrogen and oxygen atoms in total. The summed E-state index contributed by atoms with van der Waals surface area (Å²) in [7, 11) is 0.